The standard InChI is InChI=1S/C12H10ClNO3/c1-6-3-4-8(9(13)5-6)11-14-10(12(15)16)7(2)17-11/h3-5H,1-2H3,(H,15,16). The first-order chi connectivity index (χ1) is 7.99. The summed E-state index contributed by atoms with van der Waals surface area (Å²) in [6.45, 7) is 3.47. The molecule has 17 heavy (non-hydrogen) atoms. The number of halogens is 1. The average molecular weight is 252 g/mol. The van der Waals surface area contributed by atoms with Gasteiger partial charge in [0.25, 0.3) is 0 Å². The number of aromatic nitrogens is 1. The Labute approximate surface area is 103 Å². The highest BCUT2D eigenvalue weighted by Gasteiger charge is 2.18. The van der Waals surface area contributed by atoms with Crippen LogP contribution in [0.5, 0.6) is 0 Å². The van der Waals surface area contributed by atoms with Gasteiger partial charge in [0.2, 0.25) is 5.89 Å². The molecule has 0 bridgehead atoms. The number of hydrogen-bond donors (Lipinski definition) is 1. The van der Waals surface area contributed by atoms with Gasteiger partial charge in [0, 0.05) is 0 Å². The van der Waals surface area contributed by atoms with Gasteiger partial charge in [-0.25, -0.2) is 9.78 Å². The van der Waals surface area contributed by atoms with E-state index in [1.54, 1.807) is 19.1 Å². The van der Waals surface area contributed by atoms with E-state index in [0.29, 0.717) is 10.6 Å². The second kappa shape index (κ2) is 4.22. The fourth-order valence-corrected chi connectivity index (χ4v) is 1.82. The van der Waals surface area contributed by atoms with Crippen molar-refractivity contribution in [2.75, 3.05) is 0 Å². The zero-order chi connectivity index (χ0) is 12.6. The molecule has 1 aromatic carbocycles. The number of carboxylic acid groups (broad SMARTS) is 1. The Bertz CT molecular complexity index is 589. The summed E-state index contributed by atoms with van der Waals surface area (Å²) in [6.07, 6.45) is 0. The summed E-state index contributed by atoms with van der Waals surface area (Å²) >= 11 is 6.06. The van der Waals surface area contributed by atoms with Gasteiger partial charge >= 0.3 is 5.97 Å². The lowest BCUT2D eigenvalue weighted by molar-refractivity contribution is 0.0689. The van der Waals surface area contributed by atoms with Crippen molar-refractivity contribution in [3.8, 4) is 11.5 Å². The second-order valence-corrected chi connectivity index (χ2v) is 4.12. The van der Waals surface area contributed by atoms with E-state index in [1.807, 2.05) is 13.0 Å². The number of hydrogen-bond acceptors (Lipinski definition) is 3. The number of rotatable bonds is 2. The van der Waals surface area contributed by atoms with Gasteiger partial charge in [-0.2, -0.15) is 0 Å². The zero-order valence-corrected chi connectivity index (χ0v) is 10.1. The summed E-state index contributed by atoms with van der Waals surface area (Å²) in [5, 5.41) is 9.37. The van der Waals surface area contributed by atoms with Gasteiger partial charge in [-0.3, -0.25) is 0 Å². The third-order valence-corrected chi connectivity index (χ3v) is 2.67. The van der Waals surface area contributed by atoms with Crippen LogP contribution in [0.25, 0.3) is 11.5 Å². The SMILES string of the molecule is Cc1ccc(-c2nc(C(=O)O)c(C)o2)c(Cl)c1. The molecule has 0 unspecified atom stereocenters. The molecule has 0 saturated carbocycles. The molecule has 0 saturated heterocycles. The second-order valence-electron chi connectivity index (χ2n) is 3.71. The van der Waals surface area contributed by atoms with Gasteiger partial charge in [-0.05, 0) is 31.5 Å². The Morgan fingerprint density at radius 1 is 1.41 bits per heavy atom. The van der Waals surface area contributed by atoms with Crippen LogP contribution in [0.4, 0.5) is 0 Å². The molecule has 0 spiro atoms. The number of carbonyl (C=O) groups is 1. The molecule has 0 radical (unpaired) electrons. The minimum atomic E-state index is -1.11. The van der Waals surface area contributed by atoms with E-state index >= 15 is 0 Å². The van der Waals surface area contributed by atoms with Crippen molar-refractivity contribution in [1.29, 1.82) is 0 Å². The normalized spacial score (nSPS) is 10.5. The van der Waals surface area contributed by atoms with E-state index in [2.05, 4.69) is 4.98 Å². The minimum Gasteiger partial charge on any atom is -0.476 e. The van der Waals surface area contributed by atoms with Crippen molar-refractivity contribution in [2.24, 2.45) is 0 Å². The molecule has 88 valence electrons. The number of aromatic carboxylic acids is 1. The molecule has 0 amide bonds. The zero-order valence-electron chi connectivity index (χ0n) is 9.32. The lowest BCUT2D eigenvalue weighted by atomic mass is 10.1. The predicted molar refractivity (Wildman–Crippen MR) is 63.4 cm³/mol. The largest absolute Gasteiger partial charge is 0.476 e. The average Bonchev–Trinajstić information content (AvgIpc) is 2.60. The molecule has 1 aromatic heterocycles. The van der Waals surface area contributed by atoms with E-state index in [-0.39, 0.29) is 17.3 Å². The van der Waals surface area contributed by atoms with Crippen LogP contribution < -0.4 is 0 Å². The van der Waals surface area contributed by atoms with Gasteiger partial charge < -0.3 is 9.52 Å². The molecule has 0 atom stereocenters. The highest BCUT2D eigenvalue weighted by molar-refractivity contribution is 6.33. The number of oxazole rings is 1. The van der Waals surface area contributed by atoms with E-state index < -0.39 is 5.97 Å². The first-order valence-corrected chi connectivity index (χ1v) is 5.34. The van der Waals surface area contributed by atoms with Crippen LogP contribution in [0.2, 0.25) is 5.02 Å². The highest BCUT2D eigenvalue weighted by Crippen LogP contribution is 2.29. The smallest absolute Gasteiger partial charge is 0.358 e. The fourth-order valence-electron chi connectivity index (χ4n) is 1.50. The summed E-state index contributed by atoms with van der Waals surface area (Å²) in [6, 6.07) is 5.40. The van der Waals surface area contributed by atoms with Gasteiger partial charge in [-0.1, -0.05) is 17.7 Å². The van der Waals surface area contributed by atoms with E-state index in [9.17, 15) is 4.79 Å². The summed E-state index contributed by atoms with van der Waals surface area (Å²) in [5.41, 5.74) is 1.52. The molecule has 1 N–H and O–H groups in total. The molecule has 4 nitrogen and oxygen atoms in total. The summed E-state index contributed by atoms with van der Waals surface area (Å²) in [5.74, 6) is -0.616. The number of nitrogens with zero attached hydrogens (tertiary/aromatic N) is 1. The van der Waals surface area contributed by atoms with Gasteiger partial charge in [0.15, 0.2) is 5.69 Å². The Kier molecular flexibility index (Phi) is 2.90. The van der Waals surface area contributed by atoms with Crippen LogP contribution in [0.15, 0.2) is 22.6 Å². The number of aryl methyl sites for hydroxylation is 2. The maximum atomic E-state index is 10.8. The Hall–Kier alpha value is -1.81. The number of carboxylic acids is 1. The van der Waals surface area contributed by atoms with Crippen LogP contribution >= 0.6 is 11.6 Å². The molecular formula is C12H10ClNO3. The maximum Gasteiger partial charge on any atom is 0.358 e. The van der Waals surface area contributed by atoms with Crippen LogP contribution in [-0.2, 0) is 0 Å². The van der Waals surface area contributed by atoms with Crippen molar-refractivity contribution in [3.63, 3.8) is 0 Å². The molecule has 5 heteroatoms. The highest BCUT2D eigenvalue weighted by atomic mass is 35.5. The van der Waals surface area contributed by atoms with Crippen LogP contribution in [0.3, 0.4) is 0 Å². The third kappa shape index (κ3) is 2.17. The summed E-state index contributed by atoms with van der Waals surface area (Å²) in [4.78, 5) is 14.8. The predicted octanol–water partition coefficient (Wildman–Crippen LogP) is 3.31. The molecule has 0 aliphatic carbocycles. The summed E-state index contributed by atoms with van der Waals surface area (Å²) in [7, 11) is 0. The maximum absolute atomic E-state index is 10.8. The lowest BCUT2D eigenvalue weighted by Crippen LogP contribution is -1.98. The van der Waals surface area contributed by atoms with Crippen molar-refractivity contribution >= 4 is 17.6 Å². The lowest BCUT2D eigenvalue weighted by Gasteiger charge is -2.00. The van der Waals surface area contributed by atoms with Crippen LogP contribution in [0, 0.1) is 13.8 Å². The van der Waals surface area contributed by atoms with Crippen molar-refractivity contribution < 1.29 is 14.3 Å². The third-order valence-electron chi connectivity index (χ3n) is 2.35. The monoisotopic (exact) mass is 251 g/mol. The van der Waals surface area contributed by atoms with Crippen molar-refractivity contribution in [3.05, 3.63) is 40.2 Å². The first kappa shape index (κ1) is 11.7. The van der Waals surface area contributed by atoms with Crippen LogP contribution in [-0.4, -0.2) is 16.1 Å². The number of benzene rings is 1. The minimum absolute atomic E-state index is 0.0864. The molecule has 0 aliphatic rings. The fraction of sp³-hybridized carbons (Fsp3) is 0.167. The first-order valence-electron chi connectivity index (χ1n) is 4.96. The molecular weight excluding hydrogens is 242 g/mol. The van der Waals surface area contributed by atoms with Crippen molar-refractivity contribution in [2.45, 2.75) is 13.8 Å². The van der Waals surface area contributed by atoms with E-state index in [4.69, 9.17) is 21.1 Å². The molecule has 2 rings (SSSR count). The molecule has 1 heterocycles. The van der Waals surface area contributed by atoms with Crippen molar-refractivity contribution in [1.82, 2.24) is 4.98 Å². The van der Waals surface area contributed by atoms with Gasteiger partial charge in [0.1, 0.15) is 5.76 Å². The van der Waals surface area contributed by atoms with Gasteiger partial charge in [-0.15, -0.1) is 0 Å². The topological polar surface area (TPSA) is 63.3 Å². The Balaban J connectivity index is 2.53. The summed E-state index contributed by atoms with van der Waals surface area (Å²) < 4.78 is 5.31. The Morgan fingerprint density at radius 3 is 2.65 bits per heavy atom. The van der Waals surface area contributed by atoms with E-state index in [1.165, 1.54) is 0 Å². The Morgan fingerprint density at radius 2 is 2.12 bits per heavy atom. The van der Waals surface area contributed by atoms with E-state index in [0.717, 1.165) is 5.56 Å². The quantitative estimate of drug-likeness (QED) is 0.889. The molecule has 0 fully saturated rings. The molecule has 0 aliphatic heterocycles. The van der Waals surface area contributed by atoms with Gasteiger partial charge in [0.05, 0.1) is 10.6 Å². The van der Waals surface area contributed by atoms with Crippen LogP contribution in [0.1, 0.15) is 21.8 Å². The molecule has 2 aromatic rings.